The summed E-state index contributed by atoms with van der Waals surface area (Å²) < 4.78 is 24.7. The fourth-order valence-corrected chi connectivity index (χ4v) is 3.97. The Morgan fingerprint density at radius 3 is 2.13 bits per heavy atom. The normalized spacial score (nSPS) is 11.1. The van der Waals surface area contributed by atoms with Gasteiger partial charge in [0.2, 0.25) is 10.0 Å². The number of nitrogens with one attached hydrogen (secondary N) is 2. The van der Waals surface area contributed by atoms with Gasteiger partial charge in [0.25, 0.3) is 0 Å². The minimum atomic E-state index is -4.21. The van der Waals surface area contributed by atoms with Crippen molar-refractivity contribution < 1.29 is 18.3 Å². The van der Waals surface area contributed by atoms with Crippen LogP contribution in [0.15, 0.2) is 71.6 Å². The van der Waals surface area contributed by atoms with E-state index in [0.717, 1.165) is 11.6 Å². The highest BCUT2D eigenvalue weighted by Gasteiger charge is 2.26. The molecule has 0 fully saturated rings. The minimum absolute atomic E-state index is 0.101. The third kappa shape index (κ3) is 4.79. The van der Waals surface area contributed by atoms with E-state index in [9.17, 15) is 18.3 Å². The minimum Gasteiger partial charge on any atom is -0.478 e. The molecular formula is C22H23N3O4S. The van der Waals surface area contributed by atoms with Gasteiger partial charge in [-0.3, -0.25) is 0 Å². The summed E-state index contributed by atoms with van der Waals surface area (Å²) in [7, 11) is -4.21. The summed E-state index contributed by atoms with van der Waals surface area (Å²) in [5.74, 6) is -1.22. The lowest BCUT2D eigenvalue weighted by Crippen LogP contribution is -2.19. The second-order valence-corrected chi connectivity index (χ2v) is 8.21. The summed E-state index contributed by atoms with van der Waals surface area (Å²) in [4.78, 5) is 11.6. The summed E-state index contributed by atoms with van der Waals surface area (Å²) >= 11 is 0. The first-order chi connectivity index (χ1) is 14.3. The first kappa shape index (κ1) is 21.4. The number of aromatic carboxylic acids is 1. The van der Waals surface area contributed by atoms with E-state index in [1.165, 1.54) is 0 Å². The van der Waals surface area contributed by atoms with Crippen molar-refractivity contribution in [3.8, 4) is 0 Å². The molecule has 0 amide bonds. The first-order valence-electron chi connectivity index (χ1n) is 9.37. The highest BCUT2D eigenvalue weighted by Crippen LogP contribution is 2.38. The van der Waals surface area contributed by atoms with Crippen LogP contribution in [0, 0.1) is 0 Å². The number of nitrogens with two attached hydrogens (primary N) is 1. The van der Waals surface area contributed by atoms with Crippen molar-refractivity contribution in [3.05, 3.63) is 83.4 Å². The van der Waals surface area contributed by atoms with Gasteiger partial charge in [0, 0.05) is 12.2 Å². The summed E-state index contributed by atoms with van der Waals surface area (Å²) in [6.07, 6.45) is 0.382. The zero-order valence-corrected chi connectivity index (χ0v) is 17.2. The van der Waals surface area contributed by atoms with Gasteiger partial charge in [0.1, 0.15) is 4.90 Å². The van der Waals surface area contributed by atoms with Crippen molar-refractivity contribution in [1.82, 2.24) is 0 Å². The van der Waals surface area contributed by atoms with E-state index in [-0.39, 0.29) is 16.1 Å². The zero-order chi connectivity index (χ0) is 21.7. The lowest BCUT2D eigenvalue weighted by Gasteiger charge is -2.22. The average Bonchev–Trinajstić information content (AvgIpc) is 2.72. The van der Waals surface area contributed by atoms with Gasteiger partial charge in [0.15, 0.2) is 0 Å². The third-order valence-electron chi connectivity index (χ3n) is 4.64. The van der Waals surface area contributed by atoms with Crippen LogP contribution >= 0.6 is 0 Å². The second kappa shape index (κ2) is 8.98. The first-order valence-corrected chi connectivity index (χ1v) is 10.9. The SMILES string of the molecule is CCc1c(C(=O)O)cc(S(N)(=O)=O)c(Nc2ccccc2)c1NCc1ccccc1. The van der Waals surface area contributed by atoms with E-state index < -0.39 is 16.0 Å². The van der Waals surface area contributed by atoms with Crippen molar-refractivity contribution in [2.24, 2.45) is 5.14 Å². The molecule has 0 radical (unpaired) electrons. The Morgan fingerprint density at radius 1 is 1.00 bits per heavy atom. The molecule has 5 N–H and O–H groups in total. The second-order valence-electron chi connectivity index (χ2n) is 6.68. The Hall–Kier alpha value is -3.36. The fourth-order valence-electron chi connectivity index (χ4n) is 3.25. The molecule has 156 valence electrons. The number of carboxylic acid groups (broad SMARTS) is 1. The van der Waals surface area contributed by atoms with Crippen LogP contribution < -0.4 is 15.8 Å². The zero-order valence-electron chi connectivity index (χ0n) is 16.4. The molecule has 7 nitrogen and oxygen atoms in total. The van der Waals surface area contributed by atoms with Crippen LogP contribution in [0.25, 0.3) is 0 Å². The van der Waals surface area contributed by atoms with Crippen molar-refractivity contribution in [3.63, 3.8) is 0 Å². The summed E-state index contributed by atoms with van der Waals surface area (Å²) in [6.45, 7) is 2.20. The lowest BCUT2D eigenvalue weighted by molar-refractivity contribution is 0.0695. The van der Waals surface area contributed by atoms with Crippen LogP contribution in [0.2, 0.25) is 0 Å². The van der Waals surface area contributed by atoms with Crippen LogP contribution in [0.4, 0.5) is 17.1 Å². The number of primary sulfonamides is 1. The maximum absolute atomic E-state index is 12.4. The largest absolute Gasteiger partial charge is 0.478 e. The molecule has 0 saturated carbocycles. The van der Waals surface area contributed by atoms with Crippen molar-refractivity contribution in [1.29, 1.82) is 0 Å². The van der Waals surface area contributed by atoms with E-state index in [2.05, 4.69) is 10.6 Å². The maximum Gasteiger partial charge on any atom is 0.336 e. The standard InChI is InChI=1S/C22H23N3O4S/c1-2-17-18(22(26)27)13-19(30(23,28)29)21(25-16-11-7-4-8-12-16)20(17)24-14-15-9-5-3-6-10-15/h3-13,24-25H,2,14H2,1H3,(H,26,27)(H2,23,28,29). The van der Waals surface area contributed by atoms with Crippen LogP contribution in [-0.2, 0) is 23.0 Å². The van der Waals surface area contributed by atoms with Crippen molar-refractivity contribution in [2.45, 2.75) is 24.8 Å². The van der Waals surface area contributed by atoms with Gasteiger partial charge in [-0.25, -0.2) is 18.4 Å². The number of para-hydroxylation sites is 1. The summed E-state index contributed by atoms with van der Waals surface area (Å²) in [5.41, 5.74) is 2.62. The van der Waals surface area contributed by atoms with E-state index in [4.69, 9.17) is 5.14 Å². The Labute approximate surface area is 175 Å². The molecule has 3 rings (SSSR count). The van der Waals surface area contributed by atoms with Gasteiger partial charge in [-0.1, -0.05) is 55.5 Å². The number of anilines is 3. The molecule has 0 heterocycles. The molecule has 0 atom stereocenters. The summed E-state index contributed by atoms with van der Waals surface area (Å²) in [6, 6.07) is 19.7. The number of carboxylic acids is 1. The van der Waals surface area contributed by atoms with Crippen molar-refractivity contribution in [2.75, 3.05) is 10.6 Å². The van der Waals surface area contributed by atoms with E-state index in [0.29, 0.717) is 29.9 Å². The third-order valence-corrected chi connectivity index (χ3v) is 5.58. The molecule has 0 aliphatic rings. The number of hydrogen-bond donors (Lipinski definition) is 4. The number of sulfonamides is 1. The fraction of sp³-hybridized carbons (Fsp3) is 0.136. The van der Waals surface area contributed by atoms with Crippen LogP contribution in [0.3, 0.4) is 0 Å². The smallest absolute Gasteiger partial charge is 0.336 e. The highest BCUT2D eigenvalue weighted by atomic mass is 32.2. The molecule has 0 unspecified atom stereocenters. The molecule has 0 bridgehead atoms. The topological polar surface area (TPSA) is 122 Å². The quantitative estimate of drug-likeness (QED) is 0.434. The maximum atomic E-state index is 12.4. The van der Waals surface area contributed by atoms with E-state index in [1.54, 1.807) is 12.1 Å². The van der Waals surface area contributed by atoms with Crippen LogP contribution in [-0.4, -0.2) is 19.5 Å². The molecular weight excluding hydrogens is 402 g/mol. The predicted octanol–water partition coefficient (Wildman–Crippen LogP) is 3.95. The van der Waals surface area contributed by atoms with E-state index in [1.807, 2.05) is 55.5 Å². The number of hydrogen-bond acceptors (Lipinski definition) is 5. The molecule has 0 aromatic heterocycles. The molecule has 8 heteroatoms. The van der Waals surface area contributed by atoms with E-state index >= 15 is 0 Å². The molecule has 0 aliphatic heterocycles. The number of carbonyl (C=O) groups is 1. The molecule has 0 saturated heterocycles. The van der Waals surface area contributed by atoms with Gasteiger partial charge in [-0.2, -0.15) is 0 Å². The van der Waals surface area contributed by atoms with Crippen LogP contribution in [0.1, 0.15) is 28.4 Å². The summed E-state index contributed by atoms with van der Waals surface area (Å²) in [5, 5.41) is 21.5. The Kier molecular flexibility index (Phi) is 6.39. The molecule has 0 aliphatic carbocycles. The van der Waals surface area contributed by atoms with Gasteiger partial charge in [-0.15, -0.1) is 0 Å². The molecule has 3 aromatic rings. The average molecular weight is 426 g/mol. The predicted molar refractivity (Wildman–Crippen MR) is 118 cm³/mol. The van der Waals surface area contributed by atoms with Crippen molar-refractivity contribution >= 4 is 33.1 Å². The monoisotopic (exact) mass is 425 g/mol. The molecule has 30 heavy (non-hydrogen) atoms. The van der Waals surface area contributed by atoms with Gasteiger partial charge in [-0.05, 0) is 35.7 Å². The van der Waals surface area contributed by atoms with Gasteiger partial charge < -0.3 is 15.7 Å². The van der Waals surface area contributed by atoms with Gasteiger partial charge in [0.05, 0.1) is 16.9 Å². The number of benzene rings is 3. The molecule has 0 spiro atoms. The Balaban J connectivity index is 2.22. The van der Waals surface area contributed by atoms with Crippen LogP contribution in [0.5, 0.6) is 0 Å². The molecule has 3 aromatic carbocycles. The number of rotatable bonds is 8. The van der Waals surface area contributed by atoms with Gasteiger partial charge >= 0.3 is 5.97 Å². The Bertz CT molecular complexity index is 1150. The lowest BCUT2D eigenvalue weighted by atomic mass is 10.0. The highest BCUT2D eigenvalue weighted by molar-refractivity contribution is 7.89. The Morgan fingerprint density at radius 2 is 1.60 bits per heavy atom.